The zero-order valence-electron chi connectivity index (χ0n) is 20.5. The van der Waals surface area contributed by atoms with Gasteiger partial charge in [0.15, 0.2) is 18.1 Å². The highest BCUT2D eigenvalue weighted by molar-refractivity contribution is 5.91. The lowest BCUT2D eigenvalue weighted by Crippen LogP contribution is -2.07. The number of aryl methyl sites for hydroxylation is 2. The van der Waals surface area contributed by atoms with Gasteiger partial charge < -0.3 is 27.9 Å². The Kier molecular flexibility index (Phi) is 6.77. The predicted octanol–water partition coefficient (Wildman–Crippen LogP) is 4.84. The maximum Gasteiger partial charge on any atom is 0.340 e. The molecular weight excluding hydrogens is 450 g/mol. The summed E-state index contributed by atoms with van der Waals surface area (Å²) >= 11 is 0. The number of aromatic nitrogens is 3. The van der Waals surface area contributed by atoms with E-state index in [2.05, 4.69) is 10.2 Å². The monoisotopic (exact) mass is 477 g/mol. The normalized spacial score (nSPS) is 10.8. The molecule has 9 heteroatoms. The first-order valence-electron chi connectivity index (χ1n) is 10.9. The Labute approximate surface area is 203 Å². The Morgan fingerprint density at radius 2 is 1.57 bits per heavy atom. The van der Waals surface area contributed by atoms with E-state index >= 15 is 0 Å². The predicted molar refractivity (Wildman–Crippen MR) is 128 cm³/mol. The third kappa shape index (κ3) is 4.70. The number of carbonyl (C=O) groups excluding carboxylic acids is 1. The summed E-state index contributed by atoms with van der Waals surface area (Å²) in [6.07, 6.45) is 0. The molecule has 0 fully saturated rings. The first-order valence-corrected chi connectivity index (χ1v) is 10.9. The van der Waals surface area contributed by atoms with E-state index in [0.717, 1.165) is 17.1 Å². The molecule has 2 heterocycles. The molecule has 2 aromatic heterocycles. The number of esters is 1. The van der Waals surface area contributed by atoms with E-state index in [-0.39, 0.29) is 18.4 Å². The maximum atomic E-state index is 12.8. The van der Waals surface area contributed by atoms with Crippen molar-refractivity contribution in [2.75, 3.05) is 21.3 Å². The van der Waals surface area contributed by atoms with E-state index < -0.39 is 5.97 Å². The van der Waals surface area contributed by atoms with Gasteiger partial charge in [-0.05, 0) is 51.1 Å². The van der Waals surface area contributed by atoms with Crippen molar-refractivity contribution in [2.45, 2.75) is 27.4 Å². The van der Waals surface area contributed by atoms with E-state index in [0.29, 0.717) is 28.4 Å². The van der Waals surface area contributed by atoms with Gasteiger partial charge in [-0.25, -0.2) is 4.79 Å². The van der Waals surface area contributed by atoms with Gasteiger partial charge in [0, 0.05) is 22.6 Å². The van der Waals surface area contributed by atoms with Crippen molar-refractivity contribution in [3.05, 3.63) is 70.9 Å². The minimum Gasteiger partial charge on any atom is -0.493 e. The van der Waals surface area contributed by atoms with Gasteiger partial charge in [0.05, 0.1) is 26.9 Å². The number of methoxy groups -OCH3 is 3. The van der Waals surface area contributed by atoms with Gasteiger partial charge in [0.1, 0.15) is 0 Å². The van der Waals surface area contributed by atoms with E-state index in [1.54, 1.807) is 12.1 Å². The van der Waals surface area contributed by atoms with Crippen molar-refractivity contribution in [1.29, 1.82) is 0 Å². The minimum absolute atomic E-state index is 0.162. The number of carbonyl (C=O) groups is 1. The van der Waals surface area contributed by atoms with Gasteiger partial charge in [0.25, 0.3) is 5.89 Å². The summed E-state index contributed by atoms with van der Waals surface area (Å²) in [5.74, 6) is 1.29. The lowest BCUT2D eigenvalue weighted by Gasteiger charge is -2.12. The molecule has 0 aliphatic rings. The Morgan fingerprint density at radius 1 is 0.914 bits per heavy atom. The average molecular weight is 478 g/mol. The molecule has 0 spiro atoms. The second-order valence-electron chi connectivity index (χ2n) is 7.95. The van der Waals surface area contributed by atoms with E-state index in [9.17, 15) is 4.79 Å². The van der Waals surface area contributed by atoms with Crippen LogP contribution in [0.4, 0.5) is 0 Å². The fourth-order valence-electron chi connectivity index (χ4n) is 3.90. The standard InChI is InChI=1S/C26H27N3O6/c1-15-7-9-19(10-8-15)29-16(2)11-20(17(29)3)26(30)34-14-23-27-28-25(35-23)18-12-21(31-4)24(33-6)22(13-18)32-5/h7-13H,14H2,1-6H3. The molecule has 4 rings (SSSR count). The van der Waals surface area contributed by atoms with Crippen LogP contribution in [0.1, 0.15) is 33.2 Å². The molecular formula is C26H27N3O6. The molecule has 0 saturated carbocycles. The van der Waals surface area contributed by atoms with Crippen molar-refractivity contribution in [3.8, 4) is 34.4 Å². The molecule has 0 bridgehead atoms. The second-order valence-corrected chi connectivity index (χ2v) is 7.95. The summed E-state index contributed by atoms with van der Waals surface area (Å²) in [6, 6.07) is 13.3. The summed E-state index contributed by atoms with van der Waals surface area (Å²) in [6.45, 7) is 5.71. The number of benzene rings is 2. The Hall–Kier alpha value is -4.27. The zero-order valence-corrected chi connectivity index (χ0v) is 20.5. The van der Waals surface area contributed by atoms with Gasteiger partial charge in [0.2, 0.25) is 11.6 Å². The number of ether oxygens (including phenoxy) is 4. The van der Waals surface area contributed by atoms with Crippen LogP contribution in [0, 0.1) is 20.8 Å². The number of hydrogen-bond acceptors (Lipinski definition) is 8. The van der Waals surface area contributed by atoms with Gasteiger partial charge in [-0.2, -0.15) is 0 Å². The van der Waals surface area contributed by atoms with Gasteiger partial charge >= 0.3 is 5.97 Å². The minimum atomic E-state index is -0.469. The lowest BCUT2D eigenvalue weighted by molar-refractivity contribution is 0.0438. The van der Waals surface area contributed by atoms with E-state index in [1.165, 1.54) is 26.9 Å². The Balaban J connectivity index is 1.51. The SMILES string of the molecule is COc1cc(-c2nnc(COC(=O)c3cc(C)n(-c4ccc(C)cc4)c3C)o2)cc(OC)c1OC. The fraction of sp³-hybridized carbons (Fsp3) is 0.269. The number of hydrogen-bond donors (Lipinski definition) is 0. The number of rotatable bonds is 8. The third-order valence-corrected chi connectivity index (χ3v) is 5.65. The maximum absolute atomic E-state index is 12.8. The van der Waals surface area contributed by atoms with Gasteiger partial charge in [-0.15, -0.1) is 10.2 Å². The van der Waals surface area contributed by atoms with Gasteiger partial charge in [-0.3, -0.25) is 0 Å². The van der Waals surface area contributed by atoms with Crippen LogP contribution in [0.3, 0.4) is 0 Å². The number of nitrogens with zero attached hydrogens (tertiary/aromatic N) is 3. The highest BCUT2D eigenvalue weighted by atomic mass is 16.5. The summed E-state index contributed by atoms with van der Waals surface area (Å²) in [4.78, 5) is 12.8. The largest absolute Gasteiger partial charge is 0.493 e. The molecule has 0 amide bonds. The summed E-state index contributed by atoms with van der Waals surface area (Å²) in [7, 11) is 4.57. The van der Waals surface area contributed by atoms with Crippen molar-refractivity contribution in [3.63, 3.8) is 0 Å². The van der Waals surface area contributed by atoms with Crippen molar-refractivity contribution in [1.82, 2.24) is 14.8 Å². The summed E-state index contributed by atoms with van der Waals surface area (Å²) in [5.41, 5.74) is 4.93. The van der Waals surface area contributed by atoms with Crippen molar-refractivity contribution >= 4 is 5.97 Å². The van der Waals surface area contributed by atoms with Crippen LogP contribution in [-0.2, 0) is 11.3 Å². The highest BCUT2D eigenvalue weighted by Gasteiger charge is 2.20. The van der Waals surface area contributed by atoms with E-state index in [4.69, 9.17) is 23.4 Å². The molecule has 0 aliphatic heterocycles. The van der Waals surface area contributed by atoms with Gasteiger partial charge in [-0.1, -0.05) is 17.7 Å². The fourth-order valence-corrected chi connectivity index (χ4v) is 3.90. The molecule has 0 unspecified atom stereocenters. The van der Waals surface area contributed by atoms with Crippen LogP contribution in [0.2, 0.25) is 0 Å². The van der Waals surface area contributed by atoms with Crippen LogP contribution in [0.25, 0.3) is 17.1 Å². The first kappa shape index (κ1) is 23.9. The highest BCUT2D eigenvalue weighted by Crippen LogP contribution is 2.40. The molecule has 182 valence electrons. The van der Waals surface area contributed by atoms with Crippen LogP contribution >= 0.6 is 0 Å². The molecule has 0 radical (unpaired) electrons. The van der Waals surface area contributed by atoms with Crippen molar-refractivity contribution < 1.29 is 28.2 Å². The van der Waals surface area contributed by atoms with Crippen molar-refractivity contribution in [2.24, 2.45) is 0 Å². The molecule has 0 saturated heterocycles. The topological polar surface area (TPSA) is 97.8 Å². The molecule has 2 aromatic carbocycles. The van der Waals surface area contributed by atoms with Crippen LogP contribution in [0.5, 0.6) is 17.2 Å². The molecule has 0 aliphatic carbocycles. The second kappa shape index (κ2) is 9.92. The Morgan fingerprint density at radius 3 is 2.17 bits per heavy atom. The van der Waals surface area contributed by atoms with Crippen LogP contribution < -0.4 is 14.2 Å². The molecule has 35 heavy (non-hydrogen) atoms. The van der Waals surface area contributed by atoms with Crippen LogP contribution in [0.15, 0.2) is 46.9 Å². The quantitative estimate of drug-likeness (QED) is 0.333. The summed E-state index contributed by atoms with van der Waals surface area (Å²) in [5, 5.41) is 8.06. The first-order chi connectivity index (χ1) is 16.9. The van der Waals surface area contributed by atoms with Crippen LogP contribution in [-0.4, -0.2) is 42.1 Å². The molecule has 4 aromatic rings. The molecule has 0 atom stereocenters. The zero-order chi connectivity index (χ0) is 25.1. The Bertz CT molecular complexity index is 1330. The molecule has 0 N–H and O–H groups in total. The molecule has 9 nitrogen and oxygen atoms in total. The van der Waals surface area contributed by atoms with E-state index in [1.807, 2.05) is 55.7 Å². The smallest absolute Gasteiger partial charge is 0.340 e. The third-order valence-electron chi connectivity index (χ3n) is 5.65. The summed E-state index contributed by atoms with van der Waals surface area (Å²) < 4.78 is 29.3. The average Bonchev–Trinajstić information content (AvgIpc) is 3.46. The lowest BCUT2D eigenvalue weighted by atomic mass is 10.2.